The highest BCUT2D eigenvalue weighted by Crippen LogP contribution is 2.17. The Morgan fingerprint density at radius 3 is 3.11 bits per heavy atom. The molecule has 1 N–H and O–H groups in total. The molecule has 1 saturated heterocycles. The lowest BCUT2D eigenvalue weighted by atomic mass is 10.2. The van der Waals surface area contributed by atoms with Crippen LogP contribution in [0.2, 0.25) is 0 Å². The molecule has 1 fully saturated rings. The van der Waals surface area contributed by atoms with Crippen molar-refractivity contribution in [1.82, 2.24) is 9.88 Å². The molecule has 2 aromatic heterocycles. The van der Waals surface area contributed by atoms with Crippen LogP contribution in [0.4, 0.5) is 5.69 Å². The maximum Gasteiger partial charge on any atom is 0.289 e. The van der Waals surface area contributed by atoms with E-state index in [2.05, 4.69) is 10.3 Å². The van der Waals surface area contributed by atoms with E-state index in [4.69, 9.17) is 4.42 Å². The van der Waals surface area contributed by atoms with Crippen LogP contribution in [0.15, 0.2) is 47.3 Å². The summed E-state index contributed by atoms with van der Waals surface area (Å²) in [6.45, 7) is 1.44. The van der Waals surface area contributed by atoms with Crippen molar-refractivity contribution in [3.05, 3.63) is 48.7 Å². The molecular formula is C14H15N3O2. The van der Waals surface area contributed by atoms with Crippen LogP contribution in [0.3, 0.4) is 0 Å². The first kappa shape index (κ1) is 11.8. The monoisotopic (exact) mass is 257 g/mol. The Kier molecular flexibility index (Phi) is 3.18. The van der Waals surface area contributed by atoms with Crippen LogP contribution in [-0.2, 0) is 0 Å². The van der Waals surface area contributed by atoms with Gasteiger partial charge >= 0.3 is 0 Å². The lowest BCUT2D eigenvalue weighted by Crippen LogP contribution is -2.31. The second kappa shape index (κ2) is 5.14. The van der Waals surface area contributed by atoms with E-state index in [9.17, 15) is 4.79 Å². The van der Waals surface area contributed by atoms with Crippen molar-refractivity contribution in [1.29, 1.82) is 0 Å². The first-order valence-electron chi connectivity index (χ1n) is 6.32. The second-order valence-corrected chi connectivity index (χ2v) is 4.60. The summed E-state index contributed by atoms with van der Waals surface area (Å²) < 4.78 is 5.14. The van der Waals surface area contributed by atoms with E-state index in [-0.39, 0.29) is 11.9 Å². The summed E-state index contributed by atoms with van der Waals surface area (Å²) in [7, 11) is 0. The number of hydrogen-bond acceptors (Lipinski definition) is 4. The number of rotatable bonds is 3. The highest BCUT2D eigenvalue weighted by molar-refractivity contribution is 5.91. The summed E-state index contributed by atoms with van der Waals surface area (Å²) in [5.41, 5.74) is 0.986. The van der Waals surface area contributed by atoms with E-state index in [1.807, 2.05) is 17.0 Å². The molecule has 1 amide bonds. The minimum absolute atomic E-state index is 0.0412. The molecule has 0 aromatic carbocycles. The number of hydrogen-bond donors (Lipinski definition) is 1. The number of aromatic nitrogens is 1. The molecule has 5 nitrogen and oxygen atoms in total. The number of nitrogens with zero attached hydrogens (tertiary/aromatic N) is 2. The summed E-state index contributed by atoms with van der Waals surface area (Å²) in [4.78, 5) is 18.0. The van der Waals surface area contributed by atoms with Gasteiger partial charge in [0.25, 0.3) is 5.91 Å². The van der Waals surface area contributed by atoms with Crippen molar-refractivity contribution < 1.29 is 9.21 Å². The Morgan fingerprint density at radius 1 is 1.42 bits per heavy atom. The van der Waals surface area contributed by atoms with Gasteiger partial charge in [-0.25, -0.2) is 0 Å². The van der Waals surface area contributed by atoms with Crippen LogP contribution in [0.5, 0.6) is 0 Å². The Morgan fingerprint density at radius 2 is 2.37 bits per heavy atom. The molecule has 0 spiro atoms. The number of furan rings is 1. The van der Waals surface area contributed by atoms with E-state index in [1.165, 1.54) is 6.26 Å². The summed E-state index contributed by atoms with van der Waals surface area (Å²) in [5.74, 6) is 0.363. The molecular weight excluding hydrogens is 242 g/mol. The Bertz CT molecular complexity index is 539. The van der Waals surface area contributed by atoms with E-state index >= 15 is 0 Å². The van der Waals surface area contributed by atoms with Crippen molar-refractivity contribution in [2.24, 2.45) is 0 Å². The van der Waals surface area contributed by atoms with Crippen molar-refractivity contribution in [3.8, 4) is 0 Å². The molecule has 1 atom stereocenters. The number of carbonyl (C=O) groups is 1. The molecule has 0 aliphatic carbocycles. The Balaban J connectivity index is 1.60. The highest BCUT2D eigenvalue weighted by atomic mass is 16.3. The van der Waals surface area contributed by atoms with Crippen LogP contribution in [-0.4, -0.2) is 34.9 Å². The first-order valence-corrected chi connectivity index (χ1v) is 6.32. The number of pyridine rings is 1. The predicted molar refractivity (Wildman–Crippen MR) is 70.9 cm³/mol. The molecule has 0 bridgehead atoms. The van der Waals surface area contributed by atoms with Gasteiger partial charge in [-0.2, -0.15) is 0 Å². The number of carbonyl (C=O) groups excluding carboxylic acids is 1. The minimum Gasteiger partial charge on any atom is -0.459 e. The number of nitrogens with one attached hydrogen (secondary N) is 1. The highest BCUT2D eigenvalue weighted by Gasteiger charge is 2.28. The molecule has 2 aromatic rings. The summed E-state index contributed by atoms with van der Waals surface area (Å²) in [5, 5.41) is 3.38. The largest absolute Gasteiger partial charge is 0.459 e. The van der Waals surface area contributed by atoms with Gasteiger partial charge < -0.3 is 14.6 Å². The molecule has 19 heavy (non-hydrogen) atoms. The first-order chi connectivity index (χ1) is 9.33. The second-order valence-electron chi connectivity index (χ2n) is 4.60. The van der Waals surface area contributed by atoms with E-state index in [0.717, 1.165) is 18.7 Å². The summed E-state index contributed by atoms with van der Waals surface area (Å²) in [6.07, 6.45) is 5.99. The smallest absolute Gasteiger partial charge is 0.289 e. The zero-order chi connectivity index (χ0) is 13.1. The van der Waals surface area contributed by atoms with Gasteiger partial charge in [0.1, 0.15) is 0 Å². The normalized spacial score (nSPS) is 18.5. The molecule has 1 aliphatic rings. The topological polar surface area (TPSA) is 58.4 Å². The van der Waals surface area contributed by atoms with Crippen molar-refractivity contribution in [2.45, 2.75) is 12.5 Å². The van der Waals surface area contributed by atoms with Crippen molar-refractivity contribution in [2.75, 3.05) is 18.4 Å². The average Bonchev–Trinajstić information content (AvgIpc) is 3.10. The fraction of sp³-hybridized carbons (Fsp3) is 0.286. The van der Waals surface area contributed by atoms with Gasteiger partial charge in [0.2, 0.25) is 0 Å². The molecule has 3 rings (SSSR count). The van der Waals surface area contributed by atoms with Crippen LogP contribution < -0.4 is 5.32 Å². The third-order valence-corrected chi connectivity index (χ3v) is 3.24. The van der Waals surface area contributed by atoms with Gasteiger partial charge in [-0.3, -0.25) is 9.78 Å². The van der Waals surface area contributed by atoms with E-state index < -0.39 is 0 Å². The molecule has 0 unspecified atom stereocenters. The third-order valence-electron chi connectivity index (χ3n) is 3.24. The maximum absolute atomic E-state index is 12.1. The molecule has 3 heterocycles. The molecule has 98 valence electrons. The summed E-state index contributed by atoms with van der Waals surface area (Å²) >= 11 is 0. The van der Waals surface area contributed by atoms with Crippen molar-refractivity contribution >= 4 is 11.6 Å². The Labute approximate surface area is 111 Å². The standard InChI is InChI=1S/C14H15N3O2/c18-14(13-4-2-8-19-13)17-7-5-12(10-17)16-11-3-1-6-15-9-11/h1-4,6,8-9,12,16H,5,7,10H2/t12-/m1/s1. The number of likely N-dealkylation sites (tertiary alicyclic amines) is 1. The molecule has 0 saturated carbocycles. The SMILES string of the molecule is O=C(c1ccco1)N1CC[C@@H](Nc2cccnc2)C1. The van der Waals surface area contributed by atoms with E-state index in [0.29, 0.717) is 12.3 Å². The van der Waals surface area contributed by atoms with Crippen LogP contribution in [0.25, 0.3) is 0 Å². The van der Waals surface area contributed by atoms with Gasteiger partial charge in [-0.05, 0) is 30.7 Å². The average molecular weight is 257 g/mol. The van der Waals surface area contributed by atoms with Gasteiger partial charge in [-0.1, -0.05) is 0 Å². The Hall–Kier alpha value is -2.30. The number of anilines is 1. The molecule has 5 heteroatoms. The zero-order valence-electron chi connectivity index (χ0n) is 10.5. The van der Waals surface area contributed by atoms with Crippen LogP contribution >= 0.6 is 0 Å². The van der Waals surface area contributed by atoms with Crippen molar-refractivity contribution in [3.63, 3.8) is 0 Å². The third kappa shape index (κ3) is 2.59. The van der Waals surface area contributed by atoms with Gasteiger partial charge in [0.15, 0.2) is 5.76 Å². The fourth-order valence-corrected chi connectivity index (χ4v) is 2.30. The minimum atomic E-state index is -0.0412. The fourth-order valence-electron chi connectivity index (χ4n) is 2.30. The van der Waals surface area contributed by atoms with Gasteiger partial charge in [-0.15, -0.1) is 0 Å². The molecule has 0 radical (unpaired) electrons. The number of amides is 1. The van der Waals surface area contributed by atoms with Crippen LogP contribution in [0, 0.1) is 0 Å². The van der Waals surface area contributed by atoms with Gasteiger partial charge in [0, 0.05) is 31.5 Å². The zero-order valence-corrected chi connectivity index (χ0v) is 10.5. The molecule has 1 aliphatic heterocycles. The predicted octanol–water partition coefficient (Wildman–Crippen LogP) is 2.00. The quantitative estimate of drug-likeness (QED) is 0.913. The summed E-state index contributed by atoms with van der Waals surface area (Å²) in [6, 6.07) is 7.56. The lowest BCUT2D eigenvalue weighted by Gasteiger charge is -2.16. The maximum atomic E-state index is 12.1. The lowest BCUT2D eigenvalue weighted by molar-refractivity contribution is 0.0760. The van der Waals surface area contributed by atoms with Gasteiger partial charge in [0.05, 0.1) is 12.0 Å². The van der Waals surface area contributed by atoms with Crippen LogP contribution in [0.1, 0.15) is 17.0 Å². The van der Waals surface area contributed by atoms with E-state index in [1.54, 1.807) is 24.5 Å².